The average Bonchev–Trinajstić information content (AvgIpc) is 3.09. The fourth-order valence-electron chi connectivity index (χ4n) is 1.89. The molecule has 0 amide bonds. The number of thiazole rings is 1. The molecular formula is C14H14N4OS. The maximum Gasteiger partial charge on any atom is 0.248 e. The summed E-state index contributed by atoms with van der Waals surface area (Å²) < 4.78 is 5.25. The van der Waals surface area contributed by atoms with Gasteiger partial charge in [0, 0.05) is 11.1 Å². The third-order valence-electron chi connectivity index (χ3n) is 2.88. The lowest BCUT2D eigenvalue weighted by molar-refractivity contribution is 0.363. The fraction of sp³-hybridized carbons (Fsp3) is 0.214. The fourth-order valence-corrected chi connectivity index (χ4v) is 2.66. The van der Waals surface area contributed by atoms with Crippen molar-refractivity contribution in [1.29, 1.82) is 0 Å². The highest BCUT2D eigenvalue weighted by atomic mass is 32.1. The number of hydrogen-bond acceptors (Lipinski definition) is 6. The van der Waals surface area contributed by atoms with Gasteiger partial charge in [-0.2, -0.15) is 4.98 Å². The number of hydrogen-bond donors (Lipinski definition) is 1. The Labute approximate surface area is 120 Å². The molecule has 3 aromatic rings. The van der Waals surface area contributed by atoms with Gasteiger partial charge in [-0.05, 0) is 12.5 Å². The van der Waals surface area contributed by atoms with Crippen LogP contribution >= 0.6 is 11.3 Å². The van der Waals surface area contributed by atoms with Crippen LogP contribution in [0.4, 0.5) is 0 Å². The monoisotopic (exact) mass is 286 g/mol. The maximum atomic E-state index is 6.12. The topological polar surface area (TPSA) is 77.8 Å². The Kier molecular flexibility index (Phi) is 3.58. The quantitative estimate of drug-likeness (QED) is 0.797. The smallest absolute Gasteiger partial charge is 0.248 e. The molecule has 0 aliphatic heterocycles. The van der Waals surface area contributed by atoms with Gasteiger partial charge in [0.1, 0.15) is 11.0 Å². The predicted molar refractivity (Wildman–Crippen MR) is 76.4 cm³/mol. The van der Waals surface area contributed by atoms with Crippen LogP contribution in [-0.2, 0) is 6.42 Å². The van der Waals surface area contributed by atoms with Gasteiger partial charge in [-0.25, -0.2) is 4.98 Å². The second-order valence-corrected chi connectivity index (χ2v) is 5.44. The lowest BCUT2D eigenvalue weighted by atomic mass is 10.1. The maximum absolute atomic E-state index is 6.12. The van der Waals surface area contributed by atoms with Gasteiger partial charge >= 0.3 is 0 Å². The summed E-state index contributed by atoms with van der Waals surface area (Å²) in [5, 5.41) is 6.95. The van der Waals surface area contributed by atoms with E-state index < -0.39 is 6.04 Å². The summed E-state index contributed by atoms with van der Waals surface area (Å²) in [6, 6.07) is 9.31. The van der Waals surface area contributed by atoms with Crippen LogP contribution in [0.5, 0.6) is 0 Å². The van der Waals surface area contributed by atoms with Crippen LogP contribution in [0.15, 0.2) is 40.2 Å². The molecule has 0 saturated heterocycles. The van der Waals surface area contributed by atoms with Crippen LogP contribution in [0.3, 0.4) is 0 Å². The highest BCUT2D eigenvalue weighted by Crippen LogP contribution is 2.19. The third kappa shape index (κ3) is 2.76. The van der Waals surface area contributed by atoms with E-state index in [4.69, 9.17) is 10.3 Å². The molecule has 0 spiro atoms. The first-order valence-electron chi connectivity index (χ1n) is 6.26. The summed E-state index contributed by atoms with van der Waals surface area (Å²) in [5.41, 5.74) is 8.08. The number of aromatic nitrogens is 3. The number of aryl methyl sites for hydroxylation is 1. The van der Waals surface area contributed by atoms with Crippen LogP contribution in [0, 0.1) is 6.92 Å². The van der Waals surface area contributed by atoms with Gasteiger partial charge in [-0.15, -0.1) is 11.3 Å². The van der Waals surface area contributed by atoms with Gasteiger partial charge in [0.15, 0.2) is 5.82 Å². The van der Waals surface area contributed by atoms with E-state index in [1.165, 1.54) is 0 Å². The van der Waals surface area contributed by atoms with E-state index in [1.807, 2.05) is 42.6 Å². The molecule has 0 bridgehead atoms. The van der Waals surface area contributed by atoms with Gasteiger partial charge in [0.2, 0.25) is 5.89 Å². The molecule has 0 aliphatic carbocycles. The van der Waals surface area contributed by atoms with E-state index in [-0.39, 0.29) is 0 Å². The van der Waals surface area contributed by atoms with Crippen LogP contribution in [-0.4, -0.2) is 15.1 Å². The largest absolute Gasteiger partial charge is 0.337 e. The second kappa shape index (κ2) is 5.52. The van der Waals surface area contributed by atoms with Gasteiger partial charge in [-0.1, -0.05) is 35.5 Å². The molecular weight excluding hydrogens is 272 g/mol. The zero-order valence-electron chi connectivity index (χ0n) is 11.0. The Morgan fingerprint density at radius 1 is 1.25 bits per heavy atom. The van der Waals surface area contributed by atoms with Crippen molar-refractivity contribution in [2.24, 2.45) is 5.73 Å². The standard InChI is InChI=1S/C14H14N4OS/c1-9-8-20-12(16-9)7-11-17-14(19-18-11)13(15)10-5-3-2-4-6-10/h2-6,8,13H,7,15H2,1H3. The number of benzene rings is 1. The summed E-state index contributed by atoms with van der Waals surface area (Å²) in [7, 11) is 0. The van der Waals surface area contributed by atoms with E-state index in [0.717, 1.165) is 16.3 Å². The number of nitrogens with two attached hydrogens (primary N) is 1. The van der Waals surface area contributed by atoms with Crippen molar-refractivity contribution in [3.63, 3.8) is 0 Å². The van der Waals surface area contributed by atoms with Gasteiger partial charge in [0.05, 0.1) is 6.42 Å². The molecule has 102 valence electrons. The van der Waals surface area contributed by atoms with Gasteiger partial charge < -0.3 is 10.3 Å². The van der Waals surface area contributed by atoms with E-state index >= 15 is 0 Å². The summed E-state index contributed by atoms with van der Waals surface area (Å²) in [5.74, 6) is 1.04. The van der Waals surface area contributed by atoms with Crippen molar-refractivity contribution < 1.29 is 4.52 Å². The van der Waals surface area contributed by atoms with Crippen molar-refractivity contribution in [3.05, 3.63) is 63.7 Å². The van der Waals surface area contributed by atoms with E-state index in [2.05, 4.69) is 15.1 Å². The molecule has 2 aromatic heterocycles. The minimum absolute atomic E-state index is 0.393. The molecule has 2 N–H and O–H groups in total. The zero-order chi connectivity index (χ0) is 13.9. The van der Waals surface area contributed by atoms with Crippen LogP contribution in [0.2, 0.25) is 0 Å². The van der Waals surface area contributed by atoms with Crippen molar-refractivity contribution in [2.45, 2.75) is 19.4 Å². The molecule has 0 aliphatic rings. The minimum atomic E-state index is -0.393. The first-order valence-corrected chi connectivity index (χ1v) is 7.14. The van der Waals surface area contributed by atoms with Crippen LogP contribution in [0.25, 0.3) is 0 Å². The van der Waals surface area contributed by atoms with E-state index in [9.17, 15) is 0 Å². The first kappa shape index (κ1) is 13.0. The number of rotatable bonds is 4. The predicted octanol–water partition coefficient (Wildman–Crippen LogP) is 2.47. The van der Waals surface area contributed by atoms with Crippen molar-refractivity contribution >= 4 is 11.3 Å². The van der Waals surface area contributed by atoms with Crippen molar-refractivity contribution in [2.75, 3.05) is 0 Å². The van der Waals surface area contributed by atoms with Crippen molar-refractivity contribution in [3.8, 4) is 0 Å². The molecule has 0 radical (unpaired) electrons. The Balaban J connectivity index is 1.76. The Bertz CT molecular complexity index is 692. The SMILES string of the molecule is Cc1csc(Cc2noc(C(N)c3ccccc3)n2)n1. The molecule has 1 aromatic carbocycles. The first-order chi connectivity index (χ1) is 9.72. The van der Waals surface area contributed by atoms with Crippen LogP contribution < -0.4 is 5.73 Å². The minimum Gasteiger partial charge on any atom is -0.337 e. The normalized spacial score (nSPS) is 12.5. The molecule has 1 unspecified atom stereocenters. The Morgan fingerprint density at radius 3 is 2.75 bits per heavy atom. The number of nitrogens with zero attached hydrogens (tertiary/aromatic N) is 3. The highest BCUT2D eigenvalue weighted by Gasteiger charge is 2.17. The average molecular weight is 286 g/mol. The third-order valence-corrected chi connectivity index (χ3v) is 3.85. The summed E-state index contributed by atoms with van der Waals surface area (Å²) in [6.45, 7) is 1.97. The molecule has 0 saturated carbocycles. The van der Waals surface area contributed by atoms with E-state index in [0.29, 0.717) is 18.1 Å². The zero-order valence-corrected chi connectivity index (χ0v) is 11.8. The molecule has 2 heterocycles. The van der Waals surface area contributed by atoms with Gasteiger partial charge in [-0.3, -0.25) is 0 Å². The van der Waals surface area contributed by atoms with Crippen molar-refractivity contribution in [1.82, 2.24) is 15.1 Å². The summed E-state index contributed by atoms with van der Waals surface area (Å²) in [4.78, 5) is 8.74. The molecule has 1 atom stereocenters. The molecule has 20 heavy (non-hydrogen) atoms. The molecule has 6 heteroatoms. The summed E-state index contributed by atoms with van der Waals surface area (Å²) >= 11 is 1.59. The Hall–Kier alpha value is -2.05. The molecule has 5 nitrogen and oxygen atoms in total. The second-order valence-electron chi connectivity index (χ2n) is 4.50. The van der Waals surface area contributed by atoms with E-state index in [1.54, 1.807) is 11.3 Å². The summed E-state index contributed by atoms with van der Waals surface area (Å²) in [6.07, 6.45) is 0.573. The van der Waals surface area contributed by atoms with Gasteiger partial charge in [0.25, 0.3) is 0 Å². The Morgan fingerprint density at radius 2 is 2.05 bits per heavy atom. The molecule has 3 rings (SSSR count). The van der Waals surface area contributed by atoms with Crippen LogP contribution in [0.1, 0.15) is 34.0 Å². The molecule has 0 fully saturated rings. The highest BCUT2D eigenvalue weighted by molar-refractivity contribution is 7.09. The lowest BCUT2D eigenvalue weighted by Crippen LogP contribution is -2.12. The lowest BCUT2D eigenvalue weighted by Gasteiger charge is -2.05.